The number of hydrogen-bond donors (Lipinski definition) is 0. The third kappa shape index (κ3) is 4.50. The minimum atomic E-state index is -0.216. The maximum Gasteiger partial charge on any atom is 0.291 e. The first-order valence-electron chi connectivity index (χ1n) is 10.2. The van der Waals surface area contributed by atoms with Gasteiger partial charge >= 0.3 is 0 Å². The number of benzene rings is 3. The molecule has 0 aliphatic carbocycles. The Morgan fingerprint density at radius 1 is 1.03 bits per heavy atom. The summed E-state index contributed by atoms with van der Waals surface area (Å²) in [5.41, 5.74) is 2.25. The number of hydrogen-bond acceptors (Lipinski definition) is 6. The molecule has 170 valence electrons. The molecule has 2 heterocycles. The van der Waals surface area contributed by atoms with E-state index in [1.54, 1.807) is 31.4 Å². The maximum atomic E-state index is 12.9. The summed E-state index contributed by atoms with van der Waals surface area (Å²) in [7, 11) is 1.56. The van der Waals surface area contributed by atoms with E-state index in [2.05, 4.69) is 10.1 Å². The molecule has 0 aliphatic rings. The molecule has 0 spiro atoms. The monoisotopic (exact) mass is 509 g/mol. The third-order valence-electron chi connectivity index (χ3n) is 5.10. The normalized spacial score (nSPS) is 11.8. The molecule has 0 saturated heterocycles. The van der Waals surface area contributed by atoms with E-state index >= 15 is 0 Å². The predicted molar refractivity (Wildman–Crippen MR) is 135 cm³/mol. The zero-order valence-electron chi connectivity index (χ0n) is 17.9. The van der Waals surface area contributed by atoms with Crippen molar-refractivity contribution in [3.05, 3.63) is 103 Å². The van der Waals surface area contributed by atoms with Crippen LogP contribution in [0.3, 0.4) is 0 Å². The highest BCUT2D eigenvalue weighted by Gasteiger charge is 2.12. The van der Waals surface area contributed by atoms with E-state index in [0.717, 1.165) is 16.7 Å². The number of rotatable bonds is 6. The van der Waals surface area contributed by atoms with E-state index in [0.29, 0.717) is 36.9 Å². The van der Waals surface area contributed by atoms with Gasteiger partial charge < -0.3 is 9.47 Å². The molecule has 5 aromatic rings. The molecule has 34 heavy (non-hydrogen) atoms. The Hall–Kier alpha value is -3.39. The van der Waals surface area contributed by atoms with Crippen LogP contribution in [-0.2, 0) is 6.61 Å². The highest BCUT2D eigenvalue weighted by Crippen LogP contribution is 2.30. The summed E-state index contributed by atoms with van der Waals surface area (Å²) in [6.45, 7) is 0.262. The number of halogens is 2. The van der Waals surface area contributed by atoms with Gasteiger partial charge in [-0.1, -0.05) is 77.0 Å². The van der Waals surface area contributed by atoms with Gasteiger partial charge in [0, 0.05) is 21.2 Å². The van der Waals surface area contributed by atoms with Crippen molar-refractivity contribution in [2.75, 3.05) is 7.11 Å². The highest BCUT2D eigenvalue weighted by atomic mass is 35.5. The van der Waals surface area contributed by atoms with Crippen molar-refractivity contribution >= 4 is 45.6 Å². The van der Waals surface area contributed by atoms with Gasteiger partial charge in [-0.15, -0.1) is 5.10 Å². The van der Waals surface area contributed by atoms with Crippen LogP contribution in [0.5, 0.6) is 11.5 Å². The molecule has 3 aromatic carbocycles. The molecule has 0 aliphatic heterocycles. The van der Waals surface area contributed by atoms with Crippen molar-refractivity contribution in [3.8, 4) is 22.9 Å². The fraction of sp³-hybridized carbons (Fsp3) is 0.0800. The fourth-order valence-corrected chi connectivity index (χ4v) is 4.75. The summed E-state index contributed by atoms with van der Waals surface area (Å²) >= 11 is 13.5. The van der Waals surface area contributed by atoms with Crippen LogP contribution in [0.1, 0.15) is 11.1 Å². The second-order valence-electron chi connectivity index (χ2n) is 7.35. The van der Waals surface area contributed by atoms with Gasteiger partial charge in [0.2, 0.25) is 4.96 Å². The van der Waals surface area contributed by atoms with Crippen LogP contribution in [0.15, 0.2) is 71.5 Å². The van der Waals surface area contributed by atoms with Crippen LogP contribution in [0.4, 0.5) is 0 Å². The van der Waals surface area contributed by atoms with Gasteiger partial charge in [0.1, 0.15) is 6.61 Å². The van der Waals surface area contributed by atoms with Crippen LogP contribution in [0.25, 0.3) is 22.4 Å². The van der Waals surface area contributed by atoms with Gasteiger partial charge in [-0.2, -0.15) is 9.50 Å². The maximum absolute atomic E-state index is 12.9. The lowest BCUT2D eigenvalue weighted by atomic mass is 10.2. The van der Waals surface area contributed by atoms with Gasteiger partial charge in [-0.25, -0.2) is 0 Å². The molecule has 9 heteroatoms. The zero-order chi connectivity index (χ0) is 23.7. The minimum absolute atomic E-state index is 0.216. The molecule has 0 radical (unpaired) electrons. The van der Waals surface area contributed by atoms with Gasteiger partial charge in [0.15, 0.2) is 17.3 Å². The average Bonchev–Trinajstić information content (AvgIpc) is 3.39. The second-order valence-corrected chi connectivity index (χ2v) is 9.20. The molecule has 0 N–H and O–H groups in total. The zero-order valence-corrected chi connectivity index (χ0v) is 20.2. The van der Waals surface area contributed by atoms with Crippen molar-refractivity contribution in [2.24, 2.45) is 0 Å². The fourth-order valence-electron chi connectivity index (χ4n) is 3.38. The Morgan fingerprint density at radius 2 is 1.85 bits per heavy atom. The summed E-state index contributed by atoms with van der Waals surface area (Å²) in [6, 6.07) is 20.3. The molecule has 0 saturated carbocycles. The largest absolute Gasteiger partial charge is 0.493 e. The molecular formula is C25H17Cl2N3O3S. The third-order valence-corrected chi connectivity index (χ3v) is 6.64. The number of aromatic nitrogens is 3. The number of methoxy groups -OCH3 is 1. The number of fused-ring (bicyclic) bond motifs is 1. The molecule has 0 atom stereocenters. The first-order chi connectivity index (χ1) is 16.5. The van der Waals surface area contributed by atoms with Crippen LogP contribution >= 0.6 is 34.5 Å². The average molecular weight is 510 g/mol. The van der Waals surface area contributed by atoms with Gasteiger partial charge in [0.05, 0.1) is 11.6 Å². The highest BCUT2D eigenvalue weighted by molar-refractivity contribution is 7.15. The lowest BCUT2D eigenvalue weighted by Crippen LogP contribution is -2.23. The van der Waals surface area contributed by atoms with Gasteiger partial charge in [-0.05, 0) is 35.9 Å². The van der Waals surface area contributed by atoms with E-state index in [-0.39, 0.29) is 12.2 Å². The Balaban J connectivity index is 1.41. The van der Waals surface area contributed by atoms with Crippen molar-refractivity contribution in [3.63, 3.8) is 0 Å². The van der Waals surface area contributed by atoms with Crippen LogP contribution in [0, 0.1) is 0 Å². The molecule has 0 fully saturated rings. The quantitative estimate of drug-likeness (QED) is 0.312. The number of nitrogens with zero attached hydrogens (tertiary/aromatic N) is 3. The summed E-state index contributed by atoms with van der Waals surface area (Å²) in [5, 5.41) is 5.48. The lowest BCUT2D eigenvalue weighted by molar-refractivity contribution is 0.284. The first-order valence-corrected chi connectivity index (χ1v) is 11.8. The van der Waals surface area contributed by atoms with Gasteiger partial charge in [0.25, 0.3) is 5.56 Å². The van der Waals surface area contributed by atoms with Crippen molar-refractivity contribution in [1.29, 1.82) is 0 Å². The van der Waals surface area contributed by atoms with E-state index in [9.17, 15) is 4.79 Å². The van der Waals surface area contributed by atoms with E-state index in [1.807, 2.05) is 48.5 Å². The Morgan fingerprint density at radius 3 is 2.59 bits per heavy atom. The summed E-state index contributed by atoms with van der Waals surface area (Å²) < 4.78 is 13.3. The molecule has 5 rings (SSSR count). The Kier molecular flexibility index (Phi) is 6.24. The van der Waals surface area contributed by atoms with Crippen molar-refractivity contribution < 1.29 is 9.47 Å². The van der Waals surface area contributed by atoms with Crippen LogP contribution < -0.4 is 19.6 Å². The molecule has 6 nitrogen and oxygen atoms in total. The van der Waals surface area contributed by atoms with Crippen molar-refractivity contribution in [2.45, 2.75) is 6.61 Å². The topological polar surface area (TPSA) is 65.7 Å². The van der Waals surface area contributed by atoms with E-state index < -0.39 is 0 Å². The first kappa shape index (κ1) is 22.4. The number of thiazole rings is 1. The Labute approximate surface area is 208 Å². The summed E-state index contributed by atoms with van der Waals surface area (Å²) in [6.07, 6.45) is 1.79. The second kappa shape index (κ2) is 9.46. The van der Waals surface area contributed by atoms with Crippen LogP contribution in [0.2, 0.25) is 10.0 Å². The van der Waals surface area contributed by atoms with E-state index in [4.69, 9.17) is 32.7 Å². The molecule has 0 bridgehead atoms. The number of ether oxygens (including phenoxy) is 2. The molecule has 0 amide bonds. The lowest BCUT2D eigenvalue weighted by Gasteiger charge is -2.12. The molecular weight excluding hydrogens is 493 g/mol. The molecule has 0 unspecified atom stereocenters. The van der Waals surface area contributed by atoms with Crippen LogP contribution in [-0.4, -0.2) is 21.7 Å². The SMILES string of the molecule is COc1cc(/C=c2\sc3nc(-c4ccccc4)nn3c2=O)ccc1OCc1ccc(Cl)cc1Cl. The standard InChI is InChI=1S/C25H17Cl2N3O3S/c1-32-21-11-15(7-10-20(21)33-14-17-8-9-18(26)13-19(17)27)12-22-24(31)30-25(34-22)28-23(29-30)16-5-3-2-4-6-16/h2-13H,14H2,1H3/b22-12-. The Bertz CT molecular complexity index is 1600. The summed E-state index contributed by atoms with van der Waals surface area (Å²) in [5.74, 6) is 1.62. The summed E-state index contributed by atoms with van der Waals surface area (Å²) in [4.78, 5) is 17.9. The van der Waals surface area contributed by atoms with Crippen molar-refractivity contribution in [1.82, 2.24) is 14.6 Å². The molecule has 2 aromatic heterocycles. The smallest absolute Gasteiger partial charge is 0.291 e. The minimum Gasteiger partial charge on any atom is -0.493 e. The predicted octanol–water partition coefficient (Wildman–Crippen LogP) is 5.26. The van der Waals surface area contributed by atoms with E-state index in [1.165, 1.54) is 15.9 Å². The van der Waals surface area contributed by atoms with Gasteiger partial charge in [-0.3, -0.25) is 4.79 Å².